The number of aliphatic carboxylic acids is 1. The standard InChI is InChI=1S/C16H18FN3O4/c17-12-4-3-10(20-6-5-18-16(20)24)8-11(12)14(21)19-13(15(22)23)7-9-1-2-9/h3-4,8-9,13H,1-2,5-7H2,(H,18,24)(H,19,21)(H,22,23). The molecule has 1 atom stereocenters. The first kappa shape index (κ1) is 16.2. The number of halogens is 1. The molecule has 1 unspecified atom stereocenters. The second-order valence-corrected chi connectivity index (χ2v) is 6.09. The Morgan fingerprint density at radius 1 is 1.42 bits per heavy atom. The molecule has 0 bridgehead atoms. The van der Waals surface area contributed by atoms with Crippen LogP contribution >= 0.6 is 0 Å². The highest BCUT2D eigenvalue weighted by molar-refractivity contribution is 5.99. The van der Waals surface area contributed by atoms with E-state index in [1.807, 2.05) is 0 Å². The predicted molar refractivity (Wildman–Crippen MR) is 83.4 cm³/mol. The number of carbonyl (C=O) groups is 3. The summed E-state index contributed by atoms with van der Waals surface area (Å²) < 4.78 is 14.0. The molecule has 0 spiro atoms. The Morgan fingerprint density at radius 3 is 2.75 bits per heavy atom. The zero-order chi connectivity index (χ0) is 17.3. The van der Waals surface area contributed by atoms with Crippen LogP contribution in [-0.4, -0.2) is 42.1 Å². The fraction of sp³-hybridized carbons (Fsp3) is 0.438. The molecular weight excluding hydrogens is 317 g/mol. The van der Waals surface area contributed by atoms with Crippen molar-refractivity contribution in [3.05, 3.63) is 29.6 Å². The number of carbonyl (C=O) groups excluding carboxylic acids is 2. The number of hydrogen-bond acceptors (Lipinski definition) is 3. The summed E-state index contributed by atoms with van der Waals surface area (Å²) in [6.45, 7) is 0.894. The molecule has 1 aromatic carbocycles. The van der Waals surface area contributed by atoms with Crippen LogP contribution in [0.25, 0.3) is 0 Å². The van der Waals surface area contributed by atoms with Gasteiger partial charge in [0.2, 0.25) is 0 Å². The average molecular weight is 335 g/mol. The topological polar surface area (TPSA) is 98.7 Å². The molecule has 1 saturated carbocycles. The molecule has 3 amide bonds. The van der Waals surface area contributed by atoms with Crippen molar-refractivity contribution in [2.75, 3.05) is 18.0 Å². The summed E-state index contributed by atoms with van der Waals surface area (Å²) in [5.74, 6) is -2.38. The lowest BCUT2D eigenvalue weighted by Crippen LogP contribution is -2.41. The molecule has 1 aromatic rings. The maximum Gasteiger partial charge on any atom is 0.326 e. The number of nitrogens with zero attached hydrogens (tertiary/aromatic N) is 1. The summed E-state index contributed by atoms with van der Waals surface area (Å²) in [7, 11) is 0. The summed E-state index contributed by atoms with van der Waals surface area (Å²) in [5.41, 5.74) is 0.125. The Balaban J connectivity index is 1.77. The number of hydrogen-bond donors (Lipinski definition) is 3. The maximum absolute atomic E-state index is 14.0. The van der Waals surface area contributed by atoms with Gasteiger partial charge in [0.1, 0.15) is 11.9 Å². The maximum atomic E-state index is 14.0. The molecule has 8 heteroatoms. The van der Waals surface area contributed by atoms with Crippen LogP contribution in [0, 0.1) is 11.7 Å². The number of nitrogens with one attached hydrogen (secondary N) is 2. The average Bonchev–Trinajstić information content (AvgIpc) is 3.26. The minimum atomic E-state index is -1.13. The van der Waals surface area contributed by atoms with Crippen molar-refractivity contribution < 1.29 is 23.9 Å². The van der Waals surface area contributed by atoms with Crippen molar-refractivity contribution >= 4 is 23.6 Å². The van der Waals surface area contributed by atoms with Crippen molar-refractivity contribution in [3.8, 4) is 0 Å². The van der Waals surface area contributed by atoms with E-state index in [1.54, 1.807) is 0 Å². The van der Waals surface area contributed by atoms with E-state index >= 15 is 0 Å². The summed E-state index contributed by atoms with van der Waals surface area (Å²) in [6.07, 6.45) is 2.25. The first-order valence-corrected chi connectivity index (χ1v) is 7.84. The minimum absolute atomic E-state index is 0.269. The highest BCUT2D eigenvalue weighted by atomic mass is 19.1. The van der Waals surface area contributed by atoms with Crippen molar-refractivity contribution in [1.82, 2.24) is 10.6 Å². The van der Waals surface area contributed by atoms with Crippen LogP contribution in [0.3, 0.4) is 0 Å². The summed E-state index contributed by atoms with van der Waals surface area (Å²) in [6, 6.07) is 2.43. The van der Waals surface area contributed by atoms with Gasteiger partial charge in [-0.2, -0.15) is 0 Å². The summed E-state index contributed by atoms with van der Waals surface area (Å²) in [4.78, 5) is 36.6. The fourth-order valence-electron chi connectivity index (χ4n) is 2.72. The fourth-order valence-corrected chi connectivity index (χ4v) is 2.72. The van der Waals surface area contributed by atoms with Gasteiger partial charge in [0.15, 0.2) is 0 Å². The monoisotopic (exact) mass is 335 g/mol. The first-order valence-electron chi connectivity index (χ1n) is 7.84. The van der Waals surface area contributed by atoms with E-state index in [2.05, 4.69) is 10.6 Å². The van der Waals surface area contributed by atoms with Gasteiger partial charge >= 0.3 is 12.0 Å². The van der Waals surface area contributed by atoms with Gasteiger partial charge in [-0.05, 0) is 30.5 Å². The molecule has 128 valence electrons. The molecule has 1 saturated heterocycles. The lowest BCUT2D eigenvalue weighted by Gasteiger charge is -2.17. The van der Waals surface area contributed by atoms with Crippen molar-refractivity contribution in [2.45, 2.75) is 25.3 Å². The highest BCUT2D eigenvalue weighted by Crippen LogP contribution is 2.33. The van der Waals surface area contributed by atoms with Gasteiger partial charge in [-0.1, -0.05) is 12.8 Å². The molecule has 0 radical (unpaired) electrons. The Hall–Kier alpha value is -2.64. The number of rotatable bonds is 6. The van der Waals surface area contributed by atoms with Crippen LogP contribution in [0.5, 0.6) is 0 Å². The van der Waals surface area contributed by atoms with E-state index in [9.17, 15) is 23.9 Å². The second-order valence-electron chi connectivity index (χ2n) is 6.09. The third-order valence-corrected chi connectivity index (χ3v) is 4.23. The van der Waals surface area contributed by atoms with E-state index < -0.39 is 23.7 Å². The Bertz CT molecular complexity index is 690. The van der Waals surface area contributed by atoms with Crippen LogP contribution in [0.1, 0.15) is 29.6 Å². The minimum Gasteiger partial charge on any atom is -0.480 e. The van der Waals surface area contributed by atoms with Crippen molar-refractivity contribution in [3.63, 3.8) is 0 Å². The summed E-state index contributed by atoms with van der Waals surface area (Å²) >= 11 is 0. The number of carboxylic acids is 1. The lowest BCUT2D eigenvalue weighted by atomic mass is 10.1. The Labute approximate surface area is 137 Å². The second kappa shape index (κ2) is 6.46. The van der Waals surface area contributed by atoms with Gasteiger partial charge in [0, 0.05) is 18.8 Å². The van der Waals surface area contributed by atoms with E-state index in [1.165, 1.54) is 17.0 Å². The molecule has 7 nitrogen and oxygen atoms in total. The van der Waals surface area contributed by atoms with E-state index in [0.717, 1.165) is 18.9 Å². The molecule has 2 aliphatic rings. The molecule has 0 aromatic heterocycles. The molecule has 3 N–H and O–H groups in total. The van der Waals surface area contributed by atoms with Crippen molar-refractivity contribution in [1.29, 1.82) is 0 Å². The third-order valence-electron chi connectivity index (χ3n) is 4.23. The van der Waals surface area contributed by atoms with Gasteiger partial charge in [0.25, 0.3) is 5.91 Å². The van der Waals surface area contributed by atoms with Crippen LogP contribution in [0.15, 0.2) is 18.2 Å². The third kappa shape index (κ3) is 3.47. The number of amides is 3. The number of anilines is 1. The number of urea groups is 1. The van der Waals surface area contributed by atoms with Gasteiger partial charge in [-0.25, -0.2) is 14.0 Å². The highest BCUT2D eigenvalue weighted by Gasteiger charge is 2.31. The number of benzene rings is 1. The largest absolute Gasteiger partial charge is 0.480 e. The van der Waals surface area contributed by atoms with Gasteiger partial charge in [-0.15, -0.1) is 0 Å². The predicted octanol–water partition coefficient (Wildman–Crippen LogP) is 1.34. The van der Waals surface area contributed by atoms with Gasteiger partial charge in [-0.3, -0.25) is 9.69 Å². The molecule has 2 fully saturated rings. The zero-order valence-corrected chi connectivity index (χ0v) is 12.9. The van der Waals surface area contributed by atoms with E-state index in [0.29, 0.717) is 31.1 Å². The number of carboxylic acid groups (broad SMARTS) is 1. The molecule has 3 rings (SSSR count). The first-order chi connectivity index (χ1) is 11.5. The molecule has 1 aliphatic carbocycles. The van der Waals surface area contributed by atoms with Crippen LogP contribution in [-0.2, 0) is 4.79 Å². The zero-order valence-electron chi connectivity index (χ0n) is 12.9. The van der Waals surface area contributed by atoms with E-state index in [-0.39, 0.29) is 11.6 Å². The normalized spacial score (nSPS) is 18.2. The Kier molecular flexibility index (Phi) is 4.37. The SMILES string of the molecule is O=C(NC(CC1CC1)C(=O)O)c1cc(N2CCNC2=O)ccc1F. The lowest BCUT2D eigenvalue weighted by molar-refractivity contribution is -0.139. The molecule has 1 aliphatic heterocycles. The smallest absolute Gasteiger partial charge is 0.326 e. The van der Waals surface area contributed by atoms with Gasteiger partial charge < -0.3 is 15.7 Å². The Morgan fingerprint density at radius 2 is 2.17 bits per heavy atom. The van der Waals surface area contributed by atoms with E-state index in [4.69, 9.17) is 0 Å². The van der Waals surface area contributed by atoms with Crippen molar-refractivity contribution in [2.24, 2.45) is 5.92 Å². The quantitative estimate of drug-likeness (QED) is 0.730. The van der Waals surface area contributed by atoms with Crippen LogP contribution < -0.4 is 15.5 Å². The molecule has 1 heterocycles. The van der Waals surface area contributed by atoms with Crippen LogP contribution in [0.4, 0.5) is 14.9 Å². The van der Waals surface area contributed by atoms with Crippen LogP contribution in [0.2, 0.25) is 0 Å². The van der Waals surface area contributed by atoms with Gasteiger partial charge in [0.05, 0.1) is 5.56 Å². The molecule has 24 heavy (non-hydrogen) atoms. The molecular formula is C16H18FN3O4. The summed E-state index contributed by atoms with van der Waals surface area (Å²) in [5, 5.41) is 14.2.